The fraction of sp³-hybridized carbons (Fsp3) is 0.625. The van der Waals surface area contributed by atoms with Crippen molar-refractivity contribution in [1.82, 2.24) is 5.32 Å². The predicted octanol–water partition coefficient (Wildman–Crippen LogP) is 2.92. The molecule has 3 unspecified atom stereocenters. The molecule has 1 aromatic carbocycles. The van der Waals surface area contributed by atoms with Gasteiger partial charge in [-0.3, -0.25) is 0 Å². The SMILES string of the molecule is CCNC(c1cc(OC)cc(OC)c1)C1CCC(C)O1. The fourth-order valence-electron chi connectivity index (χ4n) is 2.77. The maximum absolute atomic E-state index is 6.03. The summed E-state index contributed by atoms with van der Waals surface area (Å²) in [5, 5.41) is 3.53. The molecule has 0 aromatic heterocycles. The number of hydrogen-bond acceptors (Lipinski definition) is 4. The monoisotopic (exact) mass is 279 g/mol. The Labute approximate surface area is 121 Å². The summed E-state index contributed by atoms with van der Waals surface area (Å²) < 4.78 is 16.8. The third kappa shape index (κ3) is 3.44. The molecular weight excluding hydrogens is 254 g/mol. The Bertz CT molecular complexity index is 413. The summed E-state index contributed by atoms with van der Waals surface area (Å²) in [7, 11) is 3.35. The Hall–Kier alpha value is -1.26. The quantitative estimate of drug-likeness (QED) is 0.869. The lowest BCUT2D eigenvalue weighted by Gasteiger charge is -2.25. The van der Waals surface area contributed by atoms with Gasteiger partial charge in [0.05, 0.1) is 32.5 Å². The van der Waals surface area contributed by atoms with E-state index in [4.69, 9.17) is 14.2 Å². The maximum atomic E-state index is 6.03. The molecule has 1 saturated heterocycles. The van der Waals surface area contributed by atoms with Crippen molar-refractivity contribution in [3.63, 3.8) is 0 Å². The van der Waals surface area contributed by atoms with Crippen molar-refractivity contribution in [2.24, 2.45) is 0 Å². The van der Waals surface area contributed by atoms with Gasteiger partial charge in [0.25, 0.3) is 0 Å². The summed E-state index contributed by atoms with van der Waals surface area (Å²) in [6.45, 7) is 5.15. The van der Waals surface area contributed by atoms with Gasteiger partial charge in [-0.05, 0) is 44.0 Å². The van der Waals surface area contributed by atoms with Crippen LogP contribution in [0.2, 0.25) is 0 Å². The third-order valence-electron chi connectivity index (χ3n) is 3.79. The molecule has 0 saturated carbocycles. The van der Waals surface area contributed by atoms with Crippen LogP contribution in [0.3, 0.4) is 0 Å². The molecule has 1 N–H and O–H groups in total. The van der Waals surface area contributed by atoms with Crippen LogP contribution in [-0.4, -0.2) is 33.0 Å². The number of benzene rings is 1. The fourth-order valence-corrected chi connectivity index (χ4v) is 2.77. The highest BCUT2D eigenvalue weighted by atomic mass is 16.5. The minimum absolute atomic E-state index is 0.175. The van der Waals surface area contributed by atoms with Crippen LogP contribution in [0.25, 0.3) is 0 Å². The molecule has 0 aliphatic carbocycles. The maximum Gasteiger partial charge on any atom is 0.122 e. The van der Waals surface area contributed by atoms with Crippen LogP contribution >= 0.6 is 0 Å². The van der Waals surface area contributed by atoms with Crippen molar-refractivity contribution >= 4 is 0 Å². The second-order valence-electron chi connectivity index (χ2n) is 5.24. The number of ether oxygens (including phenoxy) is 3. The molecule has 1 aliphatic heterocycles. The smallest absolute Gasteiger partial charge is 0.122 e. The van der Waals surface area contributed by atoms with Gasteiger partial charge >= 0.3 is 0 Å². The van der Waals surface area contributed by atoms with Gasteiger partial charge in [0, 0.05) is 6.07 Å². The molecule has 1 aromatic rings. The average molecular weight is 279 g/mol. The Morgan fingerprint density at radius 3 is 2.30 bits per heavy atom. The van der Waals surface area contributed by atoms with E-state index in [2.05, 4.69) is 31.3 Å². The molecule has 1 fully saturated rings. The van der Waals surface area contributed by atoms with Crippen LogP contribution in [0.5, 0.6) is 11.5 Å². The van der Waals surface area contributed by atoms with E-state index in [-0.39, 0.29) is 12.1 Å². The van der Waals surface area contributed by atoms with E-state index in [9.17, 15) is 0 Å². The van der Waals surface area contributed by atoms with Gasteiger partial charge in [0.1, 0.15) is 11.5 Å². The standard InChI is InChI=1S/C16H25NO3/c1-5-17-16(15-7-6-11(2)20-15)12-8-13(18-3)10-14(9-12)19-4/h8-11,15-17H,5-7H2,1-4H3. The molecule has 0 radical (unpaired) electrons. The third-order valence-corrected chi connectivity index (χ3v) is 3.79. The molecule has 20 heavy (non-hydrogen) atoms. The van der Waals surface area contributed by atoms with Crippen LogP contribution in [0.1, 0.15) is 38.3 Å². The van der Waals surface area contributed by atoms with Gasteiger partial charge in [-0.25, -0.2) is 0 Å². The molecule has 1 heterocycles. The average Bonchev–Trinajstić information content (AvgIpc) is 2.90. The van der Waals surface area contributed by atoms with Crippen molar-refractivity contribution in [3.05, 3.63) is 23.8 Å². The molecule has 0 bridgehead atoms. The van der Waals surface area contributed by atoms with E-state index in [0.717, 1.165) is 36.4 Å². The first-order chi connectivity index (χ1) is 9.67. The molecule has 1 aliphatic rings. The van der Waals surface area contributed by atoms with Gasteiger partial charge in [0.15, 0.2) is 0 Å². The van der Waals surface area contributed by atoms with Crippen molar-refractivity contribution in [3.8, 4) is 11.5 Å². The molecule has 0 spiro atoms. The second kappa shape index (κ2) is 6.95. The number of nitrogens with one attached hydrogen (secondary N) is 1. The van der Waals surface area contributed by atoms with E-state index in [1.54, 1.807) is 14.2 Å². The number of rotatable bonds is 6. The molecule has 0 amide bonds. The zero-order valence-electron chi connectivity index (χ0n) is 12.8. The van der Waals surface area contributed by atoms with Crippen LogP contribution in [0.15, 0.2) is 18.2 Å². The summed E-state index contributed by atoms with van der Waals surface area (Å²) in [6, 6.07) is 6.18. The van der Waals surface area contributed by atoms with E-state index < -0.39 is 0 Å². The van der Waals surface area contributed by atoms with E-state index in [0.29, 0.717) is 6.10 Å². The number of methoxy groups -OCH3 is 2. The zero-order valence-corrected chi connectivity index (χ0v) is 12.8. The lowest BCUT2D eigenvalue weighted by Crippen LogP contribution is -2.32. The van der Waals surface area contributed by atoms with Gasteiger partial charge in [0.2, 0.25) is 0 Å². The minimum Gasteiger partial charge on any atom is -0.497 e. The summed E-state index contributed by atoms with van der Waals surface area (Å²) in [5.41, 5.74) is 1.15. The van der Waals surface area contributed by atoms with Crippen LogP contribution < -0.4 is 14.8 Å². The first-order valence-electron chi connectivity index (χ1n) is 7.29. The lowest BCUT2D eigenvalue weighted by atomic mass is 9.98. The van der Waals surface area contributed by atoms with Gasteiger partial charge in [-0.2, -0.15) is 0 Å². The Morgan fingerprint density at radius 1 is 1.20 bits per heavy atom. The Kier molecular flexibility index (Phi) is 5.26. The Morgan fingerprint density at radius 2 is 1.85 bits per heavy atom. The highest BCUT2D eigenvalue weighted by Crippen LogP contribution is 2.33. The topological polar surface area (TPSA) is 39.7 Å². The molecule has 4 heteroatoms. The summed E-state index contributed by atoms with van der Waals surface area (Å²) in [6.07, 6.45) is 2.75. The largest absolute Gasteiger partial charge is 0.497 e. The second-order valence-corrected chi connectivity index (χ2v) is 5.24. The lowest BCUT2D eigenvalue weighted by molar-refractivity contribution is 0.0319. The zero-order chi connectivity index (χ0) is 14.5. The molecular formula is C16H25NO3. The van der Waals surface area contributed by atoms with Crippen molar-refractivity contribution in [1.29, 1.82) is 0 Å². The van der Waals surface area contributed by atoms with Crippen LogP contribution in [0.4, 0.5) is 0 Å². The van der Waals surface area contributed by atoms with Gasteiger partial charge in [-0.1, -0.05) is 6.92 Å². The highest BCUT2D eigenvalue weighted by molar-refractivity contribution is 5.40. The minimum atomic E-state index is 0.175. The number of hydrogen-bond donors (Lipinski definition) is 1. The van der Waals surface area contributed by atoms with E-state index in [1.165, 1.54) is 0 Å². The first kappa shape index (κ1) is 15.1. The molecule has 3 atom stereocenters. The first-order valence-corrected chi connectivity index (χ1v) is 7.29. The van der Waals surface area contributed by atoms with Crippen LogP contribution in [-0.2, 0) is 4.74 Å². The van der Waals surface area contributed by atoms with Crippen LogP contribution in [0, 0.1) is 0 Å². The molecule has 2 rings (SSSR count). The van der Waals surface area contributed by atoms with Gasteiger partial charge in [-0.15, -0.1) is 0 Å². The summed E-state index contributed by atoms with van der Waals surface area (Å²) in [5.74, 6) is 1.63. The normalized spacial score (nSPS) is 23.6. The van der Waals surface area contributed by atoms with E-state index >= 15 is 0 Å². The van der Waals surface area contributed by atoms with Crippen molar-refractivity contribution in [2.75, 3.05) is 20.8 Å². The number of likely N-dealkylation sites (N-methyl/N-ethyl adjacent to an activating group) is 1. The summed E-state index contributed by atoms with van der Waals surface area (Å²) >= 11 is 0. The predicted molar refractivity (Wildman–Crippen MR) is 79.5 cm³/mol. The molecule has 112 valence electrons. The summed E-state index contributed by atoms with van der Waals surface area (Å²) in [4.78, 5) is 0. The Balaban J connectivity index is 2.28. The van der Waals surface area contributed by atoms with Crippen molar-refractivity contribution in [2.45, 2.75) is 44.9 Å². The molecule has 4 nitrogen and oxygen atoms in total. The van der Waals surface area contributed by atoms with E-state index in [1.807, 2.05) is 6.07 Å². The van der Waals surface area contributed by atoms with Crippen molar-refractivity contribution < 1.29 is 14.2 Å². The van der Waals surface area contributed by atoms with Gasteiger partial charge < -0.3 is 19.5 Å². The highest BCUT2D eigenvalue weighted by Gasteiger charge is 2.30.